The van der Waals surface area contributed by atoms with Crippen molar-refractivity contribution in [1.82, 2.24) is 10.3 Å². The molecule has 0 saturated heterocycles. The number of hydrogen-bond acceptors (Lipinski definition) is 6. The minimum atomic E-state index is -0.265. The molecule has 0 radical (unpaired) electrons. The van der Waals surface area contributed by atoms with Crippen LogP contribution >= 0.6 is 0 Å². The fourth-order valence-electron chi connectivity index (χ4n) is 1.56. The zero-order chi connectivity index (χ0) is 14.3. The number of nitrogens with zero attached hydrogens (tertiary/aromatic N) is 1. The molecule has 1 unspecified atom stereocenters. The van der Waals surface area contributed by atoms with E-state index in [4.69, 9.17) is 15.3 Å². The first-order valence-corrected chi connectivity index (χ1v) is 5.85. The molecule has 0 aromatic carbocycles. The number of nitrogen functional groups attached to an aromatic ring is 1. The molecule has 1 aromatic heterocycles. The fourth-order valence-corrected chi connectivity index (χ4v) is 1.56. The maximum Gasteiger partial charge on any atom is 0.255 e. The number of nitrogens with two attached hydrogens (primary N) is 1. The van der Waals surface area contributed by atoms with Crippen molar-refractivity contribution in [3.8, 4) is 0 Å². The van der Waals surface area contributed by atoms with Gasteiger partial charge in [-0.1, -0.05) is 0 Å². The van der Waals surface area contributed by atoms with Crippen LogP contribution in [0.25, 0.3) is 0 Å². The molecule has 0 spiro atoms. The SMILES string of the molecule is COCC(CNC(=O)c1cnc(C)cc1NN)OC. The Kier molecular flexibility index (Phi) is 6.20. The predicted molar refractivity (Wildman–Crippen MR) is 71.8 cm³/mol. The molecule has 0 fully saturated rings. The Balaban J connectivity index is 2.67. The van der Waals surface area contributed by atoms with E-state index >= 15 is 0 Å². The van der Waals surface area contributed by atoms with Crippen molar-refractivity contribution in [2.24, 2.45) is 5.84 Å². The highest BCUT2D eigenvalue weighted by Gasteiger charge is 2.14. The van der Waals surface area contributed by atoms with Gasteiger partial charge in [-0.25, -0.2) is 0 Å². The molecule has 7 nitrogen and oxygen atoms in total. The Morgan fingerprint density at radius 2 is 2.26 bits per heavy atom. The monoisotopic (exact) mass is 268 g/mol. The van der Waals surface area contributed by atoms with Crippen LogP contribution in [0.3, 0.4) is 0 Å². The van der Waals surface area contributed by atoms with Crippen LogP contribution in [0.2, 0.25) is 0 Å². The predicted octanol–water partition coefficient (Wildman–Crippen LogP) is 0.0668. The fraction of sp³-hybridized carbons (Fsp3) is 0.500. The van der Waals surface area contributed by atoms with E-state index < -0.39 is 0 Å². The number of anilines is 1. The third-order valence-electron chi connectivity index (χ3n) is 2.62. The number of rotatable bonds is 7. The summed E-state index contributed by atoms with van der Waals surface area (Å²) in [6.45, 7) is 2.58. The molecule has 0 bridgehead atoms. The largest absolute Gasteiger partial charge is 0.382 e. The lowest BCUT2D eigenvalue weighted by molar-refractivity contribution is 0.0285. The van der Waals surface area contributed by atoms with Gasteiger partial charge < -0.3 is 20.2 Å². The number of hydrogen-bond donors (Lipinski definition) is 3. The van der Waals surface area contributed by atoms with E-state index in [2.05, 4.69) is 15.7 Å². The molecular formula is C12H20N4O3. The smallest absolute Gasteiger partial charge is 0.255 e. The van der Waals surface area contributed by atoms with E-state index in [1.807, 2.05) is 6.92 Å². The number of ether oxygens (including phenoxy) is 2. The topological polar surface area (TPSA) is 98.5 Å². The molecule has 4 N–H and O–H groups in total. The second kappa shape index (κ2) is 7.67. The summed E-state index contributed by atoms with van der Waals surface area (Å²) in [5.74, 6) is 5.12. The summed E-state index contributed by atoms with van der Waals surface area (Å²) < 4.78 is 10.1. The maximum absolute atomic E-state index is 12.0. The number of amides is 1. The van der Waals surface area contributed by atoms with Gasteiger partial charge in [0.15, 0.2) is 0 Å². The number of aryl methyl sites for hydroxylation is 1. The van der Waals surface area contributed by atoms with Crippen LogP contribution in [0.1, 0.15) is 16.1 Å². The lowest BCUT2D eigenvalue weighted by atomic mass is 10.2. The highest BCUT2D eigenvalue weighted by Crippen LogP contribution is 2.14. The average molecular weight is 268 g/mol. The van der Waals surface area contributed by atoms with Gasteiger partial charge in [0.25, 0.3) is 5.91 Å². The molecule has 0 aliphatic rings. The first-order valence-electron chi connectivity index (χ1n) is 5.85. The van der Waals surface area contributed by atoms with Crippen molar-refractivity contribution in [3.63, 3.8) is 0 Å². The minimum Gasteiger partial charge on any atom is -0.382 e. The van der Waals surface area contributed by atoms with Crippen LogP contribution < -0.4 is 16.6 Å². The summed E-state index contributed by atoms with van der Waals surface area (Å²) in [7, 11) is 3.14. The van der Waals surface area contributed by atoms with Crippen molar-refractivity contribution in [3.05, 3.63) is 23.5 Å². The van der Waals surface area contributed by atoms with Gasteiger partial charge in [0.05, 0.1) is 24.0 Å². The average Bonchev–Trinajstić information content (AvgIpc) is 2.42. The van der Waals surface area contributed by atoms with Crippen LogP contribution in [0.5, 0.6) is 0 Å². The van der Waals surface area contributed by atoms with Crippen molar-refractivity contribution < 1.29 is 14.3 Å². The van der Waals surface area contributed by atoms with Gasteiger partial charge in [-0.15, -0.1) is 0 Å². The molecule has 1 heterocycles. The van der Waals surface area contributed by atoms with Gasteiger partial charge in [0.1, 0.15) is 0 Å². The van der Waals surface area contributed by atoms with Crippen LogP contribution in [0.15, 0.2) is 12.3 Å². The molecule has 106 valence electrons. The molecule has 1 amide bonds. The van der Waals surface area contributed by atoms with Gasteiger partial charge in [0, 0.05) is 32.7 Å². The molecule has 7 heteroatoms. The van der Waals surface area contributed by atoms with Gasteiger partial charge in [-0.3, -0.25) is 15.6 Å². The second-order valence-corrected chi connectivity index (χ2v) is 4.04. The number of methoxy groups -OCH3 is 2. The quantitative estimate of drug-likeness (QED) is 0.478. The van der Waals surface area contributed by atoms with E-state index in [1.54, 1.807) is 20.3 Å². The van der Waals surface area contributed by atoms with Crippen LogP contribution in [0.4, 0.5) is 5.69 Å². The van der Waals surface area contributed by atoms with E-state index in [9.17, 15) is 4.79 Å². The standard InChI is InChI=1S/C12H20N4O3/c1-8-4-11(16-13)10(6-14-8)12(17)15-5-9(19-3)7-18-2/h4,6,9H,5,7,13H2,1-3H3,(H,14,16)(H,15,17). The summed E-state index contributed by atoms with van der Waals surface area (Å²) in [5.41, 5.74) is 4.19. The van der Waals surface area contributed by atoms with Crippen molar-refractivity contribution in [1.29, 1.82) is 0 Å². The van der Waals surface area contributed by atoms with Gasteiger partial charge >= 0.3 is 0 Å². The molecule has 1 rings (SSSR count). The van der Waals surface area contributed by atoms with Crippen LogP contribution in [-0.4, -0.2) is 44.4 Å². The molecule has 19 heavy (non-hydrogen) atoms. The van der Waals surface area contributed by atoms with E-state index in [-0.39, 0.29) is 12.0 Å². The Morgan fingerprint density at radius 1 is 1.53 bits per heavy atom. The van der Waals surface area contributed by atoms with Crippen molar-refractivity contribution in [2.75, 3.05) is 32.8 Å². The maximum atomic E-state index is 12.0. The number of pyridine rings is 1. The second-order valence-electron chi connectivity index (χ2n) is 4.04. The van der Waals surface area contributed by atoms with Crippen LogP contribution in [-0.2, 0) is 9.47 Å². The number of carbonyl (C=O) groups excluding carboxylic acids is 1. The third-order valence-corrected chi connectivity index (χ3v) is 2.62. The first-order chi connectivity index (χ1) is 9.12. The number of hydrazine groups is 1. The minimum absolute atomic E-state index is 0.193. The summed E-state index contributed by atoms with van der Waals surface area (Å²) in [5, 5.41) is 2.75. The summed E-state index contributed by atoms with van der Waals surface area (Å²) in [6.07, 6.45) is 1.29. The molecular weight excluding hydrogens is 248 g/mol. The molecule has 1 atom stereocenters. The highest BCUT2D eigenvalue weighted by atomic mass is 16.5. The Hall–Kier alpha value is -1.70. The van der Waals surface area contributed by atoms with Crippen molar-refractivity contribution in [2.45, 2.75) is 13.0 Å². The van der Waals surface area contributed by atoms with E-state index in [1.165, 1.54) is 6.20 Å². The number of carbonyl (C=O) groups is 1. The van der Waals surface area contributed by atoms with Crippen molar-refractivity contribution >= 4 is 11.6 Å². The zero-order valence-corrected chi connectivity index (χ0v) is 11.4. The number of nitrogens with one attached hydrogen (secondary N) is 2. The Bertz CT molecular complexity index is 425. The van der Waals surface area contributed by atoms with Gasteiger partial charge in [-0.2, -0.15) is 0 Å². The summed E-state index contributed by atoms with van der Waals surface area (Å²) in [4.78, 5) is 16.1. The van der Waals surface area contributed by atoms with Gasteiger partial charge in [-0.05, 0) is 13.0 Å². The lowest BCUT2D eigenvalue weighted by Gasteiger charge is -2.16. The first kappa shape index (κ1) is 15.4. The molecule has 0 saturated carbocycles. The molecule has 1 aromatic rings. The summed E-state index contributed by atoms with van der Waals surface area (Å²) >= 11 is 0. The normalized spacial score (nSPS) is 12.0. The highest BCUT2D eigenvalue weighted by molar-refractivity contribution is 5.99. The summed E-state index contributed by atoms with van der Waals surface area (Å²) in [6, 6.07) is 1.71. The Labute approximate surface area is 112 Å². The van der Waals surface area contributed by atoms with E-state index in [0.717, 1.165) is 5.69 Å². The van der Waals surface area contributed by atoms with Gasteiger partial charge in [0.2, 0.25) is 0 Å². The molecule has 0 aliphatic carbocycles. The number of aromatic nitrogens is 1. The van der Waals surface area contributed by atoms with E-state index in [0.29, 0.717) is 24.4 Å². The lowest BCUT2D eigenvalue weighted by Crippen LogP contribution is -2.36. The third kappa shape index (κ3) is 4.47. The zero-order valence-electron chi connectivity index (χ0n) is 11.4. The Morgan fingerprint density at radius 3 is 2.84 bits per heavy atom. The molecule has 0 aliphatic heterocycles. The van der Waals surface area contributed by atoms with Crippen LogP contribution in [0, 0.1) is 6.92 Å².